The van der Waals surface area contributed by atoms with E-state index in [4.69, 9.17) is 21.1 Å². The van der Waals surface area contributed by atoms with Gasteiger partial charge in [0.25, 0.3) is 0 Å². The number of hydrogen-bond donors (Lipinski definition) is 1. The van der Waals surface area contributed by atoms with Gasteiger partial charge >= 0.3 is 0 Å². The maximum absolute atomic E-state index is 13.3. The van der Waals surface area contributed by atoms with Gasteiger partial charge in [-0.25, -0.2) is 0 Å². The smallest absolute Gasteiger partial charge is 0.248 e. The lowest BCUT2D eigenvalue weighted by Crippen LogP contribution is -2.36. The molecule has 1 aliphatic heterocycles. The standard InChI is InChI=1S/C24H23BrClN5O3/c1-24(2)10-17-20(18(32)11-24)21(31-23(27-17)28-29-30-31)14-8-16(25)22(19(9-14)33-3)34-12-13-4-6-15(26)7-5-13/h4-9,21H,10-12H2,1-3H3,(H,27,28,30). The van der Waals surface area contributed by atoms with Gasteiger partial charge in [-0.2, -0.15) is 4.68 Å². The van der Waals surface area contributed by atoms with Crippen molar-refractivity contribution in [1.82, 2.24) is 20.2 Å². The summed E-state index contributed by atoms with van der Waals surface area (Å²) in [5, 5.41) is 16.1. The van der Waals surface area contributed by atoms with E-state index in [0.29, 0.717) is 45.5 Å². The summed E-state index contributed by atoms with van der Waals surface area (Å²) in [5.41, 5.74) is 3.21. The average molecular weight is 545 g/mol. The molecule has 1 unspecified atom stereocenters. The van der Waals surface area contributed by atoms with Crippen molar-refractivity contribution in [2.75, 3.05) is 12.4 Å². The zero-order valence-corrected chi connectivity index (χ0v) is 21.3. The van der Waals surface area contributed by atoms with Gasteiger partial charge in [0, 0.05) is 22.7 Å². The number of carbonyl (C=O) groups excluding carboxylic acids is 1. The average Bonchev–Trinajstić information content (AvgIpc) is 3.24. The fourth-order valence-corrected chi connectivity index (χ4v) is 5.25. The number of anilines is 1. The number of Topliss-reactive ketones (excluding diaryl/α,β-unsaturated/α-hetero) is 1. The van der Waals surface area contributed by atoms with Crippen molar-refractivity contribution in [3.05, 3.63) is 68.3 Å². The van der Waals surface area contributed by atoms with Crippen LogP contribution in [0.2, 0.25) is 5.02 Å². The van der Waals surface area contributed by atoms with E-state index in [1.54, 1.807) is 11.8 Å². The van der Waals surface area contributed by atoms with Crippen molar-refractivity contribution in [2.24, 2.45) is 5.41 Å². The number of allylic oxidation sites excluding steroid dienone is 2. The van der Waals surface area contributed by atoms with E-state index in [1.165, 1.54) is 0 Å². The Kier molecular flexibility index (Phi) is 5.85. The highest BCUT2D eigenvalue weighted by atomic mass is 79.9. The highest BCUT2D eigenvalue weighted by molar-refractivity contribution is 9.10. The number of halogens is 2. The van der Waals surface area contributed by atoms with Crippen LogP contribution in [-0.4, -0.2) is 33.1 Å². The predicted molar refractivity (Wildman–Crippen MR) is 131 cm³/mol. The first-order valence-electron chi connectivity index (χ1n) is 10.8. The summed E-state index contributed by atoms with van der Waals surface area (Å²) >= 11 is 9.62. The molecule has 3 aromatic rings. The summed E-state index contributed by atoms with van der Waals surface area (Å²) < 4.78 is 14.1. The zero-order valence-electron chi connectivity index (χ0n) is 18.9. The molecule has 1 aromatic heterocycles. The summed E-state index contributed by atoms with van der Waals surface area (Å²) in [7, 11) is 1.59. The molecule has 2 aliphatic rings. The minimum absolute atomic E-state index is 0.0862. The fraction of sp³-hybridized carbons (Fsp3) is 0.333. The SMILES string of the molecule is COc1cc(C2C3=C(CC(C)(C)CC3=O)Nc3nnnn32)cc(Br)c1OCc1ccc(Cl)cc1. The van der Waals surface area contributed by atoms with Gasteiger partial charge in [0.15, 0.2) is 17.3 Å². The van der Waals surface area contributed by atoms with Crippen molar-refractivity contribution < 1.29 is 14.3 Å². The van der Waals surface area contributed by atoms with Gasteiger partial charge in [-0.1, -0.05) is 42.7 Å². The fourth-order valence-electron chi connectivity index (χ4n) is 4.55. The molecular formula is C24H23BrClN5O3. The summed E-state index contributed by atoms with van der Waals surface area (Å²) in [6.07, 6.45) is 1.19. The quantitative estimate of drug-likeness (QED) is 0.464. The molecule has 0 bridgehead atoms. The Morgan fingerprint density at radius 1 is 1.24 bits per heavy atom. The summed E-state index contributed by atoms with van der Waals surface area (Å²) in [4.78, 5) is 13.3. The molecular weight excluding hydrogens is 522 g/mol. The second kappa shape index (κ2) is 8.70. The molecule has 0 saturated heterocycles. The number of tetrazole rings is 1. The van der Waals surface area contributed by atoms with Crippen molar-refractivity contribution in [3.8, 4) is 11.5 Å². The molecule has 0 radical (unpaired) electrons. The van der Waals surface area contributed by atoms with Crippen LogP contribution in [0.25, 0.3) is 0 Å². The van der Waals surface area contributed by atoms with Gasteiger partial charge in [0.2, 0.25) is 5.95 Å². The highest BCUT2D eigenvalue weighted by Crippen LogP contribution is 2.47. The van der Waals surface area contributed by atoms with Gasteiger partial charge in [-0.05, 0) is 73.6 Å². The largest absolute Gasteiger partial charge is 0.493 e. The molecule has 1 aliphatic carbocycles. The van der Waals surface area contributed by atoms with E-state index < -0.39 is 6.04 Å². The Hall–Kier alpha value is -2.91. The summed E-state index contributed by atoms with van der Waals surface area (Å²) in [6, 6.07) is 10.8. The first-order valence-corrected chi connectivity index (χ1v) is 12.0. The second-order valence-electron chi connectivity index (χ2n) is 9.26. The van der Waals surface area contributed by atoms with Gasteiger partial charge in [0.1, 0.15) is 12.6 Å². The zero-order chi connectivity index (χ0) is 24.0. The number of methoxy groups -OCH3 is 1. The van der Waals surface area contributed by atoms with E-state index in [9.17, 15) is 4.79 Å². The lowest BCUT2D eigenvalue weighted by Gasteiger charge is -2.38. The normalized spacial score (nSPS) is 18.7. The number of ketones is 1. The molecule has 34 heavy (non-hydrogen) atoms. The van der Waals surface area contributed by atoms with Crippen LogP contribution < -0.4 is 14.8 Å². The monoisotopic (exact) mass is 543 g/mol. The van der Waals surface area contributed by atoms with E-state index in [1.807, 2.05) is 36.4 Å². The van der Waals surface area contributed by atoms with Crippen LogP contribution in [0.3, 0.4) is 0 Å². The first-order chi connectivity index (χ1) is 16.3. The third kappa shape index (κ3) is 4.18. The number of carbonyl (C=O) groups is 1. The Balaban J connectivity index is 1.54. The Morgan fingerprint density at radius 2 is 2.00 bits per heavy atom. The Labute approximate surface area is 210 Å². The molecule has 176 valence electrons. The van der Waals surface area contributed by atoms with Gasteiger partial charge in [-0.3, -0.25) is 4.79 Å². The number of aromatic nitrogens is 4. The van der Waals surface area contributed by atoms with Gasteiger partial charge in [-0.15, -0.1) is 0 Å². The topological polar surface area (TPSA) is 91.2 Å². The van der Waals surface area contributed by atoms with Crippen LogP contribution in [-0.2, 0) is 11.4 Å². The minimum atomic E-state index is -0.472. The lowest BCUT2D eigenvalue weighted by atomic mass is 9.73. The van der Waals surface area contributed by atoms with E-state index >= 15 is 0 Å². The van der Waals surface area contributed by atoms with Crippen LogP contribution in [0.15, 0.2) is 52.1 Å². The third-order valence-electron chi connectivity index (χ3n) is 6.06. The van der Waals surface area contributed by atoms with E-state index in [2.05, 4.69) is 50.6 Å². The van der Waals surface area contributed by atoms with Crippen molar-refractivity contribution in [2.45, 2.75) is 39.3 Å². The molecule has 8 nitrogen and oxygen atoms in total. The molecule has 5 rings (SSSR count). The number of ether oxygens (including phenoxy) is 2. The van der Waals surface area contributed by atoms with Crippen LogP contribution in [0.4, 0.5) is 5.95 Å². The molecule has 0 amide bonds. The van der Waals surface area contributed by atoms with Crippen LogP contribution in [0, 0.1) is 5.41 Å². The molecule has 2 aromatic carbocycles. The molecule has 10 heteroatoms. The van der Waals surface area contributed by atoms with Crippen LogP contribution >= 0.6 is 27.5 Å². The summed E-state index contributed by atoms with van der Waals surface area (Å²) in [5.74, 6) is 1.70. The summed E-state index contributed by atoms with van der Waals surface area (Å²) in [6.45, 7) is 4.53. The maximum atomic E-state index is 13.3. The number of hydrogen-bond acceptors (Lipinski definition) is 7. The van der Waals surface area contributed by atoms with Crippen LogP contribution in [0.1, 0.15) is 43.9 Å². The number of nitrogens with zero attached hydrogens (tertiary/aromatic N) is 4. The molecule has 1 N–H and O–H groups in total. The molecule has 0 saturated carbocycles. The number of fused-ring (bicyclic) bond motifs is 1. The third-order valence-corrected chi connectivity index (χ3v) is 6.90. The number of benzene rings is 2. The molecule has 0 spiro atoms. The Bertz CT molecular complexity index is 1300. The number of rotatable bonds is 5. The van der Waals surface area contributed by atoms with Crippen molar-refractivity contribution in [3.63, 3.8) is 0 Å². The number of nitrogens with one attached hydrogen (secondary N) is 1. The molecule has 1 atom stereocenters. The first kappa shape index (κ1) is 22.9. The Morgan fingerprint density at radius 3 is 2.74 bits per heavy atom. The van der Waals surface area contributed by atoms with E-state index in [-0.39, 0.29) is 11.2 Å². The van der Waals surface area contributed by atoms with Crippen LogP contribution in [0.5, 0.6) is 11.5 Å². The van der Waals surface area contributed by atoms with Crippen molar-refractivity contribution in [1.29, 1.82) is 0 Å². The second-order valence-corrected chi connectivity index (χ2v) is 10.5. The minimum Gasteiger partial charge on any atom is -0.493 e. The van der Waals surface area contributed by atoms with Crippen molar-refractivity contribution >= 4 is 39.3 Å². The lowest BCUT2D eigenvalue weighted by molar-refractivity contribution is -0.118. The highest BCUT2D eigenvalue weighted by Gasteiger charge is 2.42. The van der Waals surface area contributed by atoms with E-state index in [0.717, 1.165) is 23.2 Å². The van der Waals surface area contributed by atoms with Gasteiger partial charge < -0.3 is 14.8 Å². The maximum Gasteiger partial charge on any atom is 0.248 e. The molecule has 2 heterocycles. The molecule has 0 fully saturated rings. The van der Waals surface area contributed by atoms with Gasteiger partial charge in [0.05, 0.1) is 11.6 Å². The predicted octanol–water partition coefficient (Wildman–Crippen LogP) is 5.33.